The number of rotatable bonds is 2. The quantitative estimate of drug-likeness (QED) is 0.813. The molecule has 0 radical (unpaired) electrons. The van der Waals surface area contributed by atoms with Gasteiger partial charge in [0, 0.05) is 13.1 Å². The van der Waals surface area contributed by atoms with Gasteiger partial charge in [-0.25, -0.2) is 8.42 Å². The second kappa shape index (κ2) is 4.87. The van der Waals surface area contributed by atoms with Crippen molar-refractivity contribution in [1.29, 1.82) is 0 Å². The third kappa shape index (κ3) is 2.36. The first-order valence-corrected chi connectivity index (χ1v) is 7.34. The Hall–Kier alpha value is -1.11. The summed E-state index contributed by atoms with van der Waals surface area (Å²) in [5.74, 6) is 0. The number of nitrogens with zero attached hydrogens (tertiary/aromatic N) is 1. The molecule has 1 aliphatic rings. The predicted molar refractivity (Wildman–Crippen MR) is 69.8 cm³/mol. The van der Waals surface area contributed by atoms with Gasteiger partial charge < -0.3 is 10.5 Å². The van der Waals surface area contributed by atoms with Crippen LogP contribution in [-0.2, 0) is 14.8 Å². The summed E-state index contributed by atoms with van der Waals surface area (Å²) in [6.07, 6.45) is -0.0845. The molecule has 1 saturated heterocycles. The number of anilines is 1. The number of morpholine rings is 1. The summed E-state index contributed by atoms with van der Waals surface area (Å²) in [4.78, 5) is 0.221. The van der Waals surface area contributed by atoms with Crippen LogP contribution in [0.25, 0.3) is 0 Å². The molecule has 1 heterocycles. The van der Waals surface area contributed by atoms with Crippen LogP contribution in [0.2, 0.25) is 0 Å². The molecule has 0 aliphatic carbocycles. The number of benzene rings is 1. The Morgan fingerprint density at radius 1 is 1.44 bits per heavy atom. The predicted octanol–water partition coefficient (Wildman–Crippen LogP) is 0.987. The van der Waals surface area contributed by atoms with Crippen LogP contribution in [0.5, 0.6) is 0 Å². The van der Waals surface area contributed by atoms with Crippen molar-refractivity contribution in [3.63, 3.8) is 0 Å². The van der Waals surface area contributed by atoms with E-state index in [1.807, 2.05) is 6.92 Å². The van der Waals surface area contributed by atoms with E-state index in [0.29, 0.717) is 30.9 Å². The average molecular weight is 270 g/mol. The molecule has 1 aliphatic heterocycles. The van der Waals surface area contributed by atoms with Crippen molar-refractivity contribution >= 4 is 15.7 Å². The summed E-state index contributed by atoms with van der Waals surface area (Å²) in [6.45, 7) is 4.79. The first-order chi connectivity index (χ1) is 8.43. The molecule has 18 heavy (non-hydrogen) atoms. The molecule has 0 spiro atoms. The topological polar surface area (TPSA) is 72.6 Å². The van der Waals surface area contributed by atoms with Gasteiger partial charge in [-0.05, 0) is 25.5 Å². The van der Waals surface area contributed by atoms with Crippen LogP contribution in [0.4, 0.5) is 5.69 Å². The van der Waals surface area contributed by atoms with E-state index in [0.717, 1.165) is 0 Å². The molecule has 0 bridgehead atoms. The largest absolute Gasteiger partial charge is 0.398 e. The van der Waals surface area contributed by atoms with Gasteiger partial charge in [0.1, 0.15) is 4.90 Å². The second-order valence-electron chi connectivity index (χ2n) is 4.54. The Morgan fingerprint density at radius 2 is 2.17 bits per heavy atom. The Labute approximate surface area is 108 Å². The zero-order chi connectivity index (χ0) is 13.3. The van der Waals surface area contributed by atoms with Crippen LogP contribution in [0, 0.1) is 6.92 Å². The lowest BCUT2D eigenvalue weighted by Crippen LogP contribution is -2.44. The first-order valence-electron chi connectivity index (χ1n) is 5.90. The summed E-state index contributed by atoms with van der Waals surface area (Å²) < 4.78 is 31.9. The molecule has 1 fully saturated rings. The van der Waals surface area contributed by atoms with Gasteiger partial charge >= 0.3 is 0 Å². The van der Waals surface area contributed by atoms with Gasteiger partial charge in [-0.3, -0.25) is 0 Å². The molecule has 5 nitrogen and oxygen atoms in total. The minimum atomic E-state index is -3.53. The number of ether oxygens (including phenoxy) is 1. The minimum Gasteiger partial charge on any atom is -0.398 e. The number of nitrogen functional groups attached to an aromatic ring is 1. The smallest absolute Gasteiger partial charge is 0.245 e. The molecule has 1 aromatic carbocycles. The molecule has 6 heteroatoms. The van der Waals surface area contributed by atoms with E-state index in [1.54, 1.807) is 25.1 Å². The monoisotopic (exact) mass is 270 g/mol. The Balaban J connectivity index is 2.42. The molecule has 1 unspecified atom stereocenters. The molecule has 0 saturated carbocycles. The lowest BCUT2D eigenvalue weighted by atomic mass is 10.2. The maximum absolute atomic E-state index is 12.6. The van der Waals surface area contributed by atoms with Crippen molar-refractivity contribution in [2.45, 2.75) is 24.8 Å². The van der Waals surface area contributed by atoms with Crippen molar-refractivity contribution < 1.29 is 13.2 Å². The zero-order valence-electron chi connectivity index (χ0n) is 10.6. The summed E-state index contributed by atoms with van der Waals surface area (Å²) in [5, 5.41) is 0. The fraction of sp³-hybridized carbons (Fsp3) is 0.500. The third-order valence-electron chi connectivity index (χ3n) is 3.04. The first kappa shape index (κ1) is 13.3. The molecule has 0 aromatic heterocycles. The molecule has 0 amide bonds. The maximum Gasteiger partial charge on any atom is 0.245 e. The van der Waals surface area contributed by atoms with Gasteiger partial charge in [0.15, 0.2) is 0 Å². The van der Waals surface area contributed by atoms with Crippen LogP contribution in [0.3, 0.4) is 0 Å². The van der Waals surface area contributed by atoms with Gasteiger partial charge in [0.05, 0.1) is 18.4 Å². The van der Waals surface area contributed by atoms with Crippen LogP contribution < -0.4 is 5.73 Å². The highest BCUT2D eigenvalue weighted by molar-refractivity contribution is 7.89. The van der Waals surface area contributed by atoms with E-state index in [4.69, 9.17) is 10.5 Å². The minimum absolute atomic E-state index is 0.0845. The highest BCUT2D eigenvalue weighted by Gasteiger charge is 2.31. The molecule has 100 valence electrons. The standard InChI is InChI=1S/C12H18N2O3S/c1-9-4-3-5-11(13)12(9)18(15,16)14-6-7-17-10(2)8-14/h3-5,10H,6-8,13H2,1-2H3. The lowest BCUT2D eigenvalue weighted by molar-refractivity contribution is 0.0102. The number of nitrogens with two attached hydrogens (primary N) is 1. The van der Waals surface area contributed by atoms with E-state index in [1.165, 1.54) is 4.31 Å². The van der Waals surface area contributed by atoms with Crippen molar-refractivity contribution in [2.24, 2.45) is 0 Å². The Bertz CT molecular complexity index is 522. The van der Waals surface area contributed by atoms with Gasteiger partial charge in [-0.2, -0.15) is 4.31 Å². The summed E-state index contributed by atoms with van der Waals surface area (Å²) >= 11 is 0. The summed E-state index contributed by atoms with van der Waals surface area (Å²) in [7, 11) is -3.53. The molecule has 2 rings (SSSR count). The van der Waals surface area contributed by atoms with Gasteiger partial charge in [0.25, 0.3) is 0 Å². The van der Waals surface area contributed by atoms with Gasteiger partial charge in [0.2, 0.25) is 10.0 Å². The normalized spacial score (nSPS) is 22.0. The summed E-state index contributed by atoms with van der Waals surface area (Å²) in [6, 6.07) is 5.13. The van der Waals surface area contributed by atoms with Crippen molar-refractivity contribution in [3.05, 3.63) is 23.8 Å². The number of hydrogen-bond acceptors (Lipinski definition) is 4. The molecule has 1 aromatic rings. The van der Waals surface area contributed by atoms with E-state index < -0.39 is 10.0 Å². The number of hydrogen-bond donors (Lipinski definition) is 1. The summed E-state index contributed by atoms with van der Waals surface area (Å²) in [5.41, 5.74) is 6.79. The molecular weight excluding hydrogens is 252 g/mol. The molecular formula is C12H18N2O3S. The van der Waals surface area contributed by atoms with Gasteiger partial charge in [-0.15, -0.1) is 0 Å². The molecule has 2 N–H and O–H groups in total. The van der Waals surface area contributed by atoms with Gasteiger partial charge in [-0.1, -0.05) is 12.1 Å². The van der Waals surface area contributed by atoms with Crippen molar-refractivity contribution in [2.75, 3.05) is 25.4 Å². The molecule has 1 atom stereocenters. The highest BCUT2D eigenvalue weighted by Crippen LogP contribution is 2.26. The second-order valence-corrected chi connectivity index (χ2v) is 6.41. The van der Waals surface area contributed by atoms with E-state index in [9.17, 15) is 8.42 Å². The van der Waals surface area contributed by atoms with Crippen LogP contribution in [0.1, 0.15) is 12.5 Å². The maximum atomic E-state index is 12.6. The third-order valence-corrected chi connectivity index (χ3v) is 5.13. The Kier molecular flexibility index (Phi) is 3.61. The van der Waals surface area contributed by atoms with E-state index in [2.05, 4.69) is 0 Å². The SMILES string of the molecule is Cc1cccc(N)c1S(=O)(=O)N1CCOC(C)C1. The van der Waals surface area contributed by atoms with Crippen molar-refractivity contribution in [1.82, 2.24) is 4.31 Å². The average Bonchev–Trinajstić information content (AvgIpc) is 2.28. The van der Waals surface area contributed by atoms with Crippen molar-refractivity contribution in [3.8, 4) is 0 Å². The van der Waals surface area contributed by atoms with Crippen LogP contribution in [-0.4, -0.2) is 38.5 Å². The Morgan fingerprint density at radius 3 is 2.78 bits per heavy atom. The van der Waals surface area contributed by atoms with Crippen LogP contribution in [0.15, 0.2) is 23.1 Å². The fourth-order valence-corrected chi connectivity index (χ4v) is 3.98. The zero-order valence-corrected chi connectivity index (χ0v) is 11.4. The number of sulfonamides is 1. The lowest BCUT2D eigenvalue weighted by Gasteiger charge is -2.31. The van der Waals surface area contributed by atoms with E-state index >= 15 is 0 Å². The van der Waals surface area contributed by atoms with Crippen LogP contribution >= 0.6 is 0 Å². The fourth-order valence-electron chi connectivity index (χ4n) is 2.16. The van der Waals surface area contributed by atoms with E-state index in [-0.39, 0.29) is 11.0 Å². The number of aryl methyl sites for hydroxylation is 1. The highest BCUT2D eigenvalue weighted by atomic mass is 32.2.